The topological polar surface area (TPSA) is 61.7 Å². The van der Waals surface area contributed by atoms with Gasteiger partial charge in [0.25, 0.3) is 0 Å². The highest BCUT2D eigenvalue weighted by atomic mass is 16.5. The van der Waals surface area contributed by atoms with Gasteiger partial charge in [-0.25, -0.2) is 9.97 Å². The number of rotatable bonds is 7. The highest BCUT2D eigenvalue weighted by molar-refractivity contribution is 5.30. The molecule has 0 bridgehead atoms. The Morgan fingerprint density at radius 1 is 1.17 bits per heavy atom. The molecule has 0 aliphatic rings. The van der Waals surface area contributed by atoms with Crippen LogP contribution in [0.25, 0.3) is 0 Å². The normalized spacial score (nSPS) is 12.3. The SMILES string of the molecule is COc1cccc(C(O)CN(C)Cc2cnc(N(C)C)nc2)c1. The van der Waals surface area contributed by atoms with Crippen molar-refractivity contribution in [1.82, 2.24) is 14.9 Å². The van der Waals surface area contributed by atoms with E-state index in [9.17, 15) is 5.11 Å². The van der Waals surface area contributed by atoms with Gasteiger partial charge < -0.3 is 14.7 Å². The molecule has 1 aromatic carbocycles. The molecule has 0 amide bonds. The summed E-state index contributed by atoms with van der Waals surface area (Å²) in [6.45, 7) is 1.19. The second-order valence-corrected chi connectivity index (χ2v) is 5.77. The van der Waals surface area contributed by atoms with E-state index < -0.39 is 6.10 Å². The molecule has 1 N–H and O–H groups in total. The summed E-state index contributed by atoms with van der Waals surface area (Å²) in [5.74, 6) is 1.43. The fourth-order valence-corrected chi connectivity index (χ4v) is 2.29. The second-order valence-electron chi connectivity index (χ2n) is 5.77. The first kappa shape index (κ1) is 17.2. The number of anilines is 1. The van der Waals surface area contributed by atoms with Crippen LogP contribution in [0.2, 0.25) is 0 Å². The van der Waals surface area contributed by atoms with Gasteiger partial charge in [0.15, 0.2) is 0 Å². The summed E-state index contributed by atoms with van der Waals surface area (Å²) in [6.07, 6.45) is 3.06. The molecule has 2 rings (SSSR count). The summed E-state index contributed by atoms with van der Waals surface area (Å²) >= 11 is 0. The van der Waals surface area contributed by atoms with Gasteiger partial charge in [-0.15, -0.1) is 0 Å². The molecular formula is C17H24N4O2. The van der Waals surface area contributed by atoms with Crippen LogP contribution in [0.3, 0.4) is 0 Å². The zero-order chi connectivity index (χ0) is 16.8. The number of aromatic nitrogens is 2. The van der Waals surface area contributed by atoms with E-state index in [1.54, 1.807) is 7.11 Å². The lowest BCUT2D eigenvalue weighted by Gasteiger charge is -2.21. The van der Waals surface area contributed by atoms with Crippen LogP contribution in [0, 0.1) is 0 Å². The average molecular weight is 316 g/mol. The van der Waals surface area contributed by atoms with Gasteiger partial charge in [-0.2, -0.15) is 0 Å². The minimum absolute atomic E-state index is 0.516. The van der Waals surface area contributed by atoms with Gasteiger partial charge in [-0.05, 0) is 24.7 Å². The Labute approximate surface area is 137 Å². The number of benzene rings is 1. The molecule has 0 radical (unpaired) electrons. The first-order chi connectivity index (χ1) is 11.0. The Bertz CT molecular complexity index is 616. The van der Waals surface area contributed by atoms with Crippen LogP contribution >= 0.6 is 0 Å². The zero-order valence-electron chi connectivity index (χ0n) is 14.1. The molecule has 2 aromatic rings. The third kappa shape index (κ3) is 4.91. The van der Waals surface area contributed by atoms with Crippen LogP contribution in [0.5, 0.6) is 5.75 Å². The monoisotopic (exact) mass is 316 g/mol. The van der Waals surface area contributed by atoms with Crippen molar-refractivity contribution >= 4 is 5.95 Å². The molecule has 0 saturated heterocycles. The van der Waals surface area contributed by atoms with E-state index >= 15 is 0 Å². The van der Waals surface area contributed by atoms with Crippen molar-refractivity contribution in [3.8, 4) is 5.75 Å². The summed E-state index contributed by atoms with van der Waals surface area (Å²) in [5, 5.41) is 10.4. The van der Waals surface area contributed by atoms with Crippen molar-refractivity contribution in [3.05, 3.63) is 47.8 Å². The summed E-state index contributed by atoms with van der Waals surface area (Å²) in [7, 11) is 7.40. The van der Waals surface area contributed by atoms with Gasteiger partial charge in [-0.1, -0.05) is 12.1 Å². The Morgan fingerprint density at radius 3 is 2.48 bits per heavy atom. The van der Waals surface area contributed by atoms with Gasteiger partial charge in [0.2, 0.25) is 5.95 Å². The Kier molecular flexibility index (Phi) is 5.90. The Morgan fingerprint density at radius 2 is 1.87 bits per heavy atom. The molecule has 6 nitrogen and oxygen atoms in total. The molecule has 6 heteroatoms. The number of hydrogen-bond acceptors (Lipinski definition) is 6. The summed E-state index contributed by atoms with van der Waals surface area (Å²) in [5.41, 5.74) is 1.85. The highest BCUT2D eigenvalue weighted by Gasteiger charge is 2.12. The second kappa shape index (κ2) is 7.89. The molecule has 0 saturated carbocycles. The van der Waals surface area contributed by atoms with Gasteiger partial charge in [0.1, 0.15) is 5.75 Å². The lowest BCUT2D eigenvalue weighted by atomic mass is 10.1. The zero-order valence-corrected chi connectivity index (χ0v) is 14.1. The molecule has 1 atom stereocenters. The minimum atomic E-state index is -0.572. The lowest BCUT2D eigenvalue weighted by molar-refractivity contribution is 0.123. The van der Waals surface area contributed by atoms with Crippen molar-refractivity contribution in [2.45, 2.75) is 12.6 Å². The van der Waals surface area contributed by atoms with Crippen LogP contribution < -0.4 is 9.64 Å². The molecule has 1 aromatic heterocycles. The molecule has 0 aliphatic carbocycles. The van der Waals surface area contributed by atoms with E-state index in [0.29, 0.717) is 19.0 Å². The number of aliphatic hydroxyl groups is 1. The van der Waals surface area contributed by atoms with E-state index in [4.69, 9.17) is 4.74 Å². The molecule has 0 spiro atoms. The number of hydrogen-bond donors (Lipinski definition) is 1. The third-order valence-corrected chi connectivity index (χ3v) is 3.51. The number of ether oxygens (including phenoxy) is 1. The van der Waals surface area contributed by atoms with E-state index in [2.05, 4.69) is 9.97 Å². The van der Waals surface area contributed by atoms with Crippen LogP contribution in [-0.2, 0) is 6.54 Å². The summed E-state index contributed by atoms with van der Waals surface area (Å²) < 4.78 is 5.19. The maximum absolute atomic E-state index is 10.4. The number of likely N-dealkylation sites (N-methyl/N-ethyl adjacent to an activating group) is 1. The number of nitrogens with zero attached hydrogens (tertiary/aromatic N) is 4. The Balaban J connectivity index is 1.94. The third-order valence-electron chi connectivity index (χ3n) is 3.51. The van der Waals surface area contributed by atoms with Gasteiger partial charge in [-0.3, -0.25) is 4.90 Å². The van der Waals surface area contributed by atoms with Crippen molar-refractivity contribution in [2.75, 3.05) is 39.7 Å². The first-order valence-corrected chi connectivity index (χ1v) is 7.48. The van der Waals surface area contributed by atoms with Gasteiger partial charge >= 0.3 is 0 Å². The fourth-order valence-electron chi connectivity index (χ4n) is 2.29. The highest BCUT2D eigenvalue weighted by Crippen LogP contribution is 2.20. The molecule has 1 unspecified atom stereocenters. The largest absolute Gasteiger partial charge is 0.497 e. The molecule has 0 fully saturated rings. The van der Waals surface area contributed by atoms with Crippen LogP contribution in [-0.4, -0.2) is 54.8 Å². The van der Waals surface area contributed by atoms with Crippen molar-refractivity contribution in [1.29, 1.82) is 0 Å². The van der Waals surface area contributed by atoms with E-state index in [0.717, 1.165) is 16.9 Å². The van der Waals surface area contributed by atoms with Crippen molar-refractivity contribution < 1.29 is 9.84 Å². The summed E-state index contributed by atoms with van der Waals surface area (Å²) in [4.78, 5) is 12.5. The average Bonchev–Trinajstić information content (AvgIpc) is 2.55. The number of aliphatic hydroxyl groups excluding tert-OH is 1. The molecule has 0 aliphatic heterocycles. The fraction of sp³-hybridized carbons (Fsp3) is 0.412. The standard InChI is InChI=1S/C17H24N4O2/c1-20(2)17-18-9-13(10-19-17)11-21(3)12-16(22)14-6-5-7-15(8-14)23-4/h5-10,16,22H,11-12H2,1-4H3. The molecule has 23 heavy (non-hydrogen) atoms. The predicted octanol–water partition coefficient (Wildman–Crippen LogP) is 1.72. The van der Waals surface area contributed by atoms with Crippen molar-refractivity contribution in [2.24, 2.45) is 0 Å². The van der Waals surface area contributed by atoms with E-state index in [1.165, 1.54) is 0 Å². The summed E-state index contributed by atoms with van der Waals surface area (Å²) in [6, 6.07) is 7.50. The van der Waals surface area contributed by atoms with Crippen LogP contribution in [0.1, 0.15) is 17.2 Å². The molecule has 1 heterocycles. The smallest absolute Gasteiger partial charge is 0.224 e. The minimum Gasteiger partial charge on any atom is -0.497 e. The van der Waals surface area contributed by atoms with Crippen LogP contribution in [0.4, 0.5) is 5.95 Å². The lowest BCUT2D eigenvalue weighted by Crippen LogP contribution is -2.24. The van der Waals surface area contributed by atoms with Crippen molar-refractivity contribution in [3.63, 3.8) is 0 Å². The quantitative estimate of drug-likeness (QED) is 0.839. The van der Waals surface area contributed by atoms with E-state index in [1.807, 2.05) is 67.6 Å². The maximum Gasteiger partial charge on any atom is 0.224 e. The van der Waals surface area contributed by atoms with E-state index in [-0.39, 0.29) is 0 Å². The first-order valence-electron chi connectivity index (χ1n) is 7.48. The van der Waals surface area contributed by atoms with Gasteiger partial charge in [0, 0.05) is 45.1 Å². The Hall–Kier alpha value is -2.18. The maximum atomic E-state index is 10.4. The number of methoxy groups -OCH3 is 1. The molecule has 124 valence electrons. The predicted molar refractivity (Wildman–Crippen MR) is 90.6 cm³/mol. The molecular weight excluding hydrogens is 292 g/mol. The van der Waals surface area contributed by atoms with Crippen LogP contribution in [0.15, 0.2) is 36.7 Å². The van der Waals surface area contributed by atoms with Gasteiger partial charge in [0.05, 0.1) is 13.2 Å².